The Morgan fingerprint density at radius 3 is 1.15 bits per heavy atom. The lowest BCUT2D eigenvalue weighted by molar-refractivity contribution is -0.139. The first-order valence-corrected chi connectivity index (χ1v) is 38.3. The fourth-order valence-electron chi connectivity index (χ4n) is 4.74. The topological polar surface area (TPSA) is 191 Å². The molecule has 0 spiro atoms. The van der Waals surface area contributed by atoms with Crippen LogP contribution in [0, 0.1) is 0 Å². The molecule has 0 aliphatic carbocycles. The number of Topliss-reactive ketones (excluding diaryl/α,β-unsaturated/α-hetero) is 2. The van der Waals surface area contributed by atoms with Crippen LogP contribution in [0.2, 0.25) is 0 Å². The lowest BCUT2D eigenvalue weighted by Crippen LogP contribution is -2.36. The second-order valence-corrected chi connectivity index (χ2v) is 27.4. The second-order valence-electron chi connectivity index (χ2n) is 11.9. The molecule has 4 N–H and O–H groups in total. The van der Waals surface area contributed by atoms with E-state index in [1.165, 1.54) is 34.5 Å². The Bertz CT molecular complexity index is 1370. The highest BCUT2D eigenvalue weighted by molar-refractivity contribution is 15.0. The van der Waals surface area contributed by atoms with E-state index >= 15 is 0 Å². The van der Waals surface area contributed by atoms with E-state index in [1.807, 2.05) is 43.2 Å². The van der Waals surface area contributed by atoms with Gasteiger partial charge >= 0.3 is 0 Å². The molecule has 6 rings (SSSR count). The Kier molecular flexibility index (Phi) is 43.5. The summed E-state index contributed by atoms with van der Waals surface area (Å²) < 4.78 is 0.181. The van der Waals surface area contributed by atoms with Crippen LogP contribution in [0.1, 0.15) is 66.2 Å². The summed E-state index contributed by atoms with van der Waals surface area (Å²) in [5.74, 6) is -1.38. The van der Waals surface area contributed by atoms with Crippen molar-refractivity contribution < 1.29 is 38.4 Å². The molecule has 0 aromatic carbocycles. The molecule has 4 saturated heterocycles. The Morgan fingerprint density at radius 1 is 0.629 bits per heavy atom. The van der Waals surface area contributed by atoms with Crippen LogP contribution in [0.3, 0.4) is 0 Å². The predicted molar refractivity (Wildman–Crippen MR) is 298 cm³/mol. The lowest BCUT2D eigenvalue weighted by atomic mass is 10.1. The van der Waals surface area contributed by atoms with Gasteiger partial charge in [-0.15, -0.1) is 0 Å². The maximum Gasteiger partial charge on any atom is 0.253 e. The van der Waals surface area contributed by atoms with Gasteiger partial charge in [0.15, 0.2) is 11.6 Å². The van der Waals surface area contributed by atoms with E-state index in [2.05, 4.69) is 82.1 Å². The van der Waals surface area contributed by atoms with Crippen LogP contribution < -0.4 is 21.3 Å². The van der Waals surface area contributed by atoms with Gasteiger partial charge in [-0.25, -0.2) is 0 Å². The number of hydrogen-bond donors (Lipinski definition) is 4. The number of nitrogens with zero attached hydrogens (tertiary/aromatic N) is 2. The van der Waals surface area contributed by atoms with Gasteiger partial charge in [0, 0.05) is 115 Å². The number of carbonyl (C=O) groups is 8. The number of nitrogens with one attached hydrogen (secondary N) is 4. The molecule has 0 saturated carbocycles. The van der Waals surface area contributed by atoms with Crippen LogP contribution in [-0.4, -0.2) is 129 Å². The minimum absolute atomic E-state index is 0. The highest BCUT2D eigenvalue weighted by Gasteiger charge is 2.37. The van der Waals surface area contributed by atoms with Gasteiger partial charge in [-0.2, -0.15) is 0 Å². The van der Waals surface area contributed by atoms with Crippen molar-refractivity contribution in [2.75, 3.05) is 50.4 Å². The third-order valence-corrected chi connectivity index (χ3v) is 16.5. The van der Waals surface area contributed by atoms with Crippen molar-refractivity contribution in [2.24, 2.45) is 0 Å². The van der Waals surface area contributed by atoms with Crippen molar-refractivity contribution in [1.29, 1.82) is 0 Å². The zero-order valence-electron chi connectivity index (χ0n) is 32.4. The molecule has 0 aromatic rings. The SMILES string of the molecule is C.C.C1SS1.C1SS1.CNC(CCCCNC(=O)CCN1C(=O)C=CC1=O)C(=O)C1SS1.CNC(CCCCNC(=O)CCN1C(=O)C=CC1=O)C(=O)C1SS1.II.S=PP=S. The molecule has 352 valence electrons. The predicted octanol–water partition coefficient (Wildman–Crippen LogP) is 8.37. The number of amides is 6. The van der Waals surface area contributed by atoms with Gasteiger partial charge in [-0.1, -0.05) is 101 Å². The molecule has 0 aromatic heterocycles. The normalized spacial score (nSPS) is 17.0. The largest absolute Gasteiger partial charge is 0.356 e. The van der Waals surface area contributed by atoms with Gasteiger partial charge in [0.2, 0.25) is 11.8 Å². The van der Waals surface area contributed by atoms with E-state index in [9.17, 15) is 38.4 Å². The van der Waals surface area contributed by atoms with Gasteiger partial charge in [0.25, 0.3) is 23.6 Å². The first kappa shape index (κ1) is 65.3. The molecular formula is C34H54I2N6O8P2S10. The van der Waals surface area contributed by atoms with Crippen molar-refractivity contribution in [1.82, 2.24) is 31.1 Å². The number of rotatable bonds is 23. The molecule has 6 aliphatic heterocycles. The fourth-order valence-corrected chi connectivity index (χ4v) is 7.36. The average molecular weight is 1310 g/mol. The van der Waals surface area contributed by atoms with E-state index in [0.717, 1.165) is 62.4 Å². The van der Waals surface area contributed by atoms with Gasteiger partial charge in [0.1, 0.15) is 9.16 Å². The minimum Gasteiger partial charge on any atom is -0.356 e. The number of imide groups is 2. The van der Waals surface area contributed by atoms with E-state index in [-0.39, 0.29) is 109 Å². The fraction of sp³-hybridized carbons (Fsp3) is 0.647. The van der Waals surface area contributed by atoms with Gasteiger partial charge in [0.05, 0.1) is 22.3 Å². The van der Waals surface area contributed by atoms with Crippen molar-refractivity contribution in [3.05, 3.63) is 24.3 Å². The van der Waals surface area contributed by atoms with E-state index in [0.29, 0.717) is 13.1 Å². The highest BCUT2D eigenvalue weighted by Crippen LogP contribution is 2.54. The summed E-state index contributed by atoms with van der Waals surface area (Å²) in [6.07, 6.45) is 9.79. The molecule has 2 unspecified atom stereocenters. The maximum atomic E-state index is 11.9. The molecular weight excluding hydrogens is 1260 g/mol. The zero-order chi connectivity index (χ0) is 44.7. The van der Waals surface area contributed by atoms with Crippen molar-refractivity contribution >= 4 is 208 Å². The van der Waals surface area contributed by atoms with E-state index in [4.69, 9.17) is 0 Å². The molecule has 6 amide bonds. The standard InChI is InChI=1S/2C15H21N3O4S2.2CH2S2.2CH4.I2.P2S2/c2*1-16-10(14(22)15-23-24-15)4-2-3-8-17-11(19)7-9-18-12(20)5-6-13(18)21;2*1-2-3-1;;;1-2;3-1-2-4/h2*5-6,10,15-16H,2-4,7-9H2,1H3,(H,17,19);2*1H2;2*1H4;;. The first-order chi connectivity index (χ1) is 29.0. The third-order valence-electron chi connectivity index (χ3n) is 7.91. The Balaban J connectivity index is 0. The van der Waals surface area contributed by atoms with Crippen molar-refractivity contribution in [3.8, 4) is 0 Å². The number of carbonyl (C=O) groups excluding carboxylic acids is 8. The zero-order valence-corrected chi connectivity index (χ0v) is 46.7. The van der Waals surface area contributed by atoms with Crippen LogP contribution in [0.15, 0.2) is 24.3 Å². The molecule has 28 heteroatoms. The minimum atomic E-state index is -0.373. The molecule has 6 heterocycles. The summed E-state index contributed by atoms with van der Waals surface area (Å²) in [6, 6.07) is -0.235. The molecule has 0 bridgehead atoms. The van der Waals surface area contributed by atoms with Crippen LogP contribution in [0.4, 0.5) is 0 Å². The summed E-state index contributed by atoms with van der Waals surface area (Å²) in [5, 5.41) is 14.3. The smallest absolute Gasteiger partial charge is 0.253 e. The number of unbranched alkanes of at least 4 members (excludes halogenated alkanes) is 2. The molecule has 0 radical (unpaired) electrons. The summed E-state index contributed by atoms with van der Waals surface area (Å²) in [6.45, 7) is 1.25. The summed E-state index contributed by atoms with van der Waals surface area (Å²) in [7, 11) is 19.4. The number of halogens is 2. The third kappa shape index (κ3) is 32.9. The van der Waals surface area contributed by atoms with Crippen LogP contribution in [0.25, 0.3) is 0 Å². The second kappa shape index (κ2) is 41.3. The van der Waals surface area contributed by atoms with Gasteiger partial charge < -0.3 is 21.3 Å². The molecule has 62 heavy (non-hydrogen) atoms. The van der Waals surface area contributed by atoms with E-state index < -0.39 is 0 Å². The summed E-state index contributed by atoms with van der Waals surface area (Å²) in [5.41, 5.74) is 0. The molecule has 14 nitrogen and oxygen atoms in total. The first-order valence-electron chi connectivity index (χ1n) is 17.9. The Labute approximate surface area is 434 Å². The monoisotopic (exact) mass is 1310 g/mol. The molecule has 4 fully saturated rings. The molecule has 2 atom stereocenters. The quantitative estimate of drug-likeness (QED) is 0.0190. The van der Waals surface area contributed by atoms with Crippen molar-refractivity contribution in [3.63, 3.8) is 0 Å². The van der Waals surface area contributed by atoms with Crippen molar-refractivity contribution in [2.45, 2.75) is 87.5 Å². The Morgan fingerprint density at radius 2 is 0.919 bits per heavy atom. The van der Waals surface area contributed by atoms with Gasteiger partial charge in [-0.3, -0.25) is 48.2 Å². The van der Waals surface area contributed by atoms with Gasteiger partial charge in [-0.05, 0) is 76.2 Å². The number of likely N-dealkylation sites (N-methyl/N-ethyl adjacent to an activating group) is 2. The maximum absolute atomic E-state index is 11.9. The molecule has 6 aliphatic rings. The lowest BCUT2D eigenvalue weighted by Gasteiger charge is -2.14. The number of ketones is 2. The number of hydrogen-bond acceptors (Lipinski definition) is 20. The van der Waals surface area contributed by atoms with Crippen LogP contribution in [-0.2, 0) is 62.0 Å². The summed E-state index contributed by atoms with van der Waals surface area (Å²) in [4.78, 5) is 94.8. The summed E-state index contributed by atoms with van der Waals surface area (Å²) >= 11 is 13.1. The van der Waals surface area contributed by atoms with Crippen LogP contribution >= 0.6 is 138 Å². The van der Waals surface area contributed by atoms with Crippen LogP contribution in [0.5, 0.6) is 0 Å². The average Bonchev–Trinajstić information content (AvgIpc) is 4.07. The van der Waals surface area contributed by atoms with E-state index in [1.54, 1.807) is 57.3 Å². The highest BCUT2D eigenvalue weighted by atomic mass is 128. The Hall–Kier alpha value is 1.26.